The first-order valence-corrected chi connectivity index (χ1v) is 3.12. The van der Waals surface area contributed by atoms with Crippen molar-refractivity contribution in [1.82, 2.24) is 0 Å². The van der Waals surface area contributed by atoms with Gasteiger partial charge in [-0.1, -0.05) is 11.6 Å². The van der Waals surface area contributed by atoms with Crippen LogP contribution in [0.1, 0.15) is 6.92 Å². The van der Waals surface area contributed by atoms with Crippen LogP contribution in [-0.4, -0.2) is 11.7 Å². The van der Waals surface area contributed by atoms with Gasteiger partial charge in [0.05, 0.1) is 0 Å². The minimum Gasteiger partial charge on any atom is -0.305 e. The van der Waals surface area contributed by atoms with Gasteiger partial charge in [0.25, 0.3) is 0 Å². The van der Waals surface area contributed by atoms with Crippen LogP contribution in [0.3, 0.4) is 0 Å². The molecule has 0 aromatic heterocycles. The van der Waals surface area contributed by atoms with Crippen molar-refractivity contribution in [3.63, 3.8) is 0 Å². The Kier molecular flexibility index (Phi) is 1.83. The number of nitrogens with zero attached hydrogens (tertiary/aromatic N) is 2. The smallest absolute Gasteiger partial charge is 0.165 e. The van der Waals surface area contributed by atoms with E-state index in [0.29, 0.717) is 0 Å². The minimum absolute atomic E-state index is 0.292. The average molecular weight is 146 g/mol. The van der Waals surface area contributed by atoms with E-state index in [-0.39, 0.29) is 11.7 Å². The standard InChI is InChI=1S/C5H8ClN3/c1-3-2-4(7)8-9-5(3)6/h2,4-5H,7H2,1H3/t4-,5-/m0/s1. The fourth-order valence-corrected chi connectivity index (χ4v) is 0.732. The highest BCUT2D eigenvalue weighted by Gasteiger charge is 2.10. The Morgan fingerprint density at radius 1 is 1.67 bits per heavy atom. The Hall–Kier alpha value is -0.410. The SMILES string of the molecule is CC1=C[C@@H](N)N=N[C@@H]1Cl. The molecule has 0 fully saturated rings. The summed E-state index contributed by atoms with van der Waals surface area (Å²) in [7, 11) is 0. The molecule has 0 saturated carbocycles. The molecule has 0 aromatic rings. The second-order valence-corrected chi connectivity index (χ2v) is 2.38. The van der Waals surface area contributed by atoms with Crippen molar-refractivity contribution in [1.29, 1.82) is 0 Å². The molecule has 50 valence electrons. The molecule has 0 unspecified atom stereocenters. The zero-order valence-electron chi connectivity index (χ0n) is 5.08. The molecule has 1 aliphatic rings. The van der Waals surface area contributed by atoms with Crippen LogP contribution in [0, 0.1) is 0 Å². The first-order chi connectivity index (χ1) is 4.20. The Balaban J connectivity index is 2.70. The van der Waals surface area contributed by atoms with E-state index in [1.54, 1.807) is 6.08 Å². The van der Waals surface area contributed by atoms with Crippen LogP contribution >= 0.6 is 11.6 Å². The number of hydrogen-bond donors (Lipinski definition) is 1. The fourth-order valence-electron chi connectivity index (χ4n) is 0.609. The quantitative estimate of drug-likeness (QED) is 0.311. The molecule has 0 saturated heterocycles. The molecular formula is C5H8ClN3. The van der Waals surface area contributed by atoms with Crippen molar-refractivity contribution in [2.24, 2.45) is 16.0 Å². The van der Waals surface area contributed by atoms with Gasteiger partial charge in [-0.25, -0.2) is 0 Å². The topological polar surface area (TPSA) is 50.7 Å². The summed E-state index contributed by atoms with van der Waals surface area (Å²) < 4.78 is 0. The maximum atomic E-state index is 5.65. The Bertz CT molecular complexity index is 164. The molecule has 0 radical (unpaired) electrons. The van der Waals surface area contributed by atoms with Crippen LogP contribution in [0.5, 0.6) is 0 Å². The Morgan fingerprint density at radius 2 is 2.33 bits per heavy atom. The van der Waals surface area contributed by atoms with E-state index in [4.69, 9.17) is 17.3 Å². The van der Waals surface area contributed by atoms with Gasteiger partial charge in [-0.3, -0.25) is 0 Å². The van der Waals surface area contributed by atoms with Crippen LogP contribution in [0.2, 0.25) is 0 Å². The molecule has 9 heavy (non-hydrogen) atoms. The molecule has 4 heteroatoms. The van der Waals surface area contributed by atoms with Crippen LogP contribution in [0.4, 0.5) is 0 Å². The summed E-state index contributed by atoms with van der Waals surface area (Å²) in [5.74, 6) is 0. The van der Waals surface area contributed by atoms with E-state index in [2.05, 4.69) is 10.2 Å². The lowest BCUT2D eigenvalue weighted by atomic mass is 10.2. The van der Waals surface area contributed by atoms with E-state index in [9.17, 15) is 0 Å². The second-order valence-electron chi connectivity index (χ2n) is 1.97. The van der Waals surface area contributed by atoms with E-state index in [1.807, 2.05) is 6.92 Å². The van der Waals surface area contributed by atoms with Crippen molar-refractivity contribution in [2.75, 3.05) is 0 Å². The number of rotatable bonds is 0. The highest BCUT2D eigenvalue weighted by molar-refractivity contribution is 6.22. The normalized spacial score (nSPS) is 34.3. The number of alkyl halides is 1. The molecular weight excluding hydrogens is 138 g/mol. The van der Waals surface area contributed by atoms with Crippen molar-refractivity contribution < 1.29 is 0 Å². The Labute approximate surface area is 58.6 Å². The van der Waals surface area contributed by atoms with Crippen molar-refractivity contribution in [3.8, 4) is 0 Å². The maximum absolute atomic E-state index is 5.65. The molecule has 0 aliphatic carbocycles. The first kappa shape index (κ1) is 6.71. The van der Waals surface area contributed by atoms with Gasteiger partial charge in [-0.15, -0.1) is 0 Å². The monoisotopic (exact) mass is 145 g/mol. The van der Waals surface area contributed by atoms with Gasteiger partial charge in [0.1, 0.15) is 6.17 Å². The summed E-state index contributed by atoms with van der Waals surface area (Å²) in [5, 5.41) is 7.34. The molecule has 2 atom stereocenters. The summed E-state index contributed by atoms with van der Waals surface area (Å²) in [4.78, 5) is 0. The van der Waals surface area contributed by atoms with Crippen molar-refractivity contribution >= 4 is 11.6 Å². The number of nitrogens with two attached hydrogens (primary N) is 1. The summed E-state index contributed by atoms with van der Waals surface area (Å²) in [6.07, 6.45) is 1.50. The number of azo groups is 1. The largest absolute Gasteiger partial charge is 0.305 e. The van der Waals surface area contributed by atoms with E-state index >= 15 is 0 Å². The molecule has 0 aromatic carbocycles. The van der Waals surface area contributed by atoms with Crippen LogP contribution in [-0.2, 0) is 0 Å². The third kappa shape index (κ3) is 1.50. The van der Waals surface area contributed by atoms with Gasteiger partial charge in [-0.05, 0) is 18.6 Å². The molecule has 3 nitrogen and oxygen atoms in total. The molecule has 1 heterocycles. The highest BCUT2D eigenvalue weighted by Crippen LogP contribution is 2.16. The van der Waals surface area contributed by atoms with Crippen LogP contribution in [0.15, 0.2) is 21.9 Å². The maximum Gasteiger partial charge on any atom is 0.165 e. The van der Waals surface area contributed by atoms with Gasteiger partial charge in [0.2, 0.25) is 0 Å². The zero-order chi connectivity index (χ0) is 6.85. The zero-order valence-corrected chi connectivity index (χ0v) is 5.84. The van der Waals surface area contributed by atoms with E-state index in [0.717, 1.165) is 5.57 Å². The van der Waals surface area contributed by atoms with Crippen LogP contribution in [0.25, 0.3) is 0 Å². The van der Waals surface area contributed by atoms with E-state index < -0.39 is 0 Å². The third-order valence-corrected chi connectivity index (χ3v) is 1.54. The van der Waals surface area contributed by atoms with Crippen molar-refractivity contribution in [2.45, 2.75) is 18.6 Å². The first-order valence-electron chi connectivity index (χ1n) is 2.68. The summed E-state index contributed by atoms with van der Waals surface area (Å²) in [6.45, 7) is 1.88. The molecule has 0 spiro atoms. The average Bonchev–Trinajstić information content (AvgIpc) is 1.80. The molecule has 1 rings (SSSR count). The summed E-state index contributed by atoms with van der Waals surface area (Å²) in [6, 6.07) is 0. The molecule has 1 aliphatic heterocycles. The number of halogens is 1. The van der Waals surface area contributed by atoms with Gasteiger partial charge in [0.15, 0.2) is 5.50 Å². The van der Waals surface area contributed by atoms with Crippen LogP contribution < -0.4 is 5.73 Å². The predicted molar refractivity (Wildman–Crippen MR) is 36.2 cm³/mol. The second kappa shape index (κ2) is 2.45. The van der Waals surface area contributed by atoms with Gasteiger partial charge in [0, 0.05) is 0 Å². The highest BCUT2D eigenvalue weighted by atomic mass is 35.5. The molecule has 2 N–H and O–H groups in total. The summed E-state index contributed by atoms with van der Waals surface area (Å²) >= 11 is 5.65. The Morgan fingerprint density at radius 3 is 2.78 bits per heavy atom. The lowest BCUT2D eigenvalue weighted by molar-refractivity contribution is 0.718. The predicted octanol–water partition coefficient (Wildman–Crippen LogP) is 1.25. The number of hydrogen-bond acceptors (Lipinski definition) is 3. The third-order valence-electron chi connectivity index (χ3n) is 1.11. The van der Waals surface area contributed by atoms with E-state index in [1.165, 1.54) is 0 Å². The lowest BCUT2D eigenvalue weighted by Crippen LogP contribution is -2.18. The van der Waals surface area contributed by atoms with Gasteiger partial charge >= 0.3 is 0 Å². The minimum atomic E-state index is -0.301. The fraction of sp³-hybridized carbons (Fsp3) is 0.600. The van der Waals surface area contributed by atoms with Gasteiger partial charge in [-0.2, -0.15) is 10.2 Å². The lowest BCUT2D eigenvalue weighted by Gasteiger charge is -2.10. The molecule has 0 bridgehead atoms. The summed E-state index contributed by atoms with van der Waals surface area (Å²) in [5.41, 5.74) is 6.06. The van der Waals surface area contributed by atoms with Crippen molar-refractivity contribution in [3.05, 3.63) is 11.6 Å². The molecule has 0 amide bonds. The van der Waals surface area contributed by atoms with Gasteiger partial charge < -0.3 is 5.73 Å².